The Bertz CT molecular complexity index is 431. The average Bonchev–Trinajstić information content (AvgIpc) is 2.46. The molecule has 1 saturated heterocycles. The van der Waals surface area contributed by atoms with Gasteiger partial charge in [0.1, 0.15) is 0 Å². The van der Waals surface area contributed by atoms with Crippen LogP contribution in [0.5, 0.6) is 0 Å². The van der Waals surface area contributed by atoms with Gasteiger partial charge in [-0.3, -0.25) is 4.79 Å². The summed E-state index contributed by atoms with van der Waals surface area (Å²) in [5.74, 6) is 1.10. The van der Waals surface area contributed by atoms with E-state index in [1.54, 1.807) is 0 Å². The number of hydrogen-bond acceptors (Lipinski definition) is 2. The van der Waals surface area contributed by atoms with E-state index in [2.05, 4.69) is 31.4 Å². The lowest BCUT2D eigenvalue weighted by Crippen LogP contribution is -2.41. The summed E-state index contributed by atoms with van der Waals surface area (Å²) in [6.45, 7) is 8.31. The smallest absolute Gasteiger partial charge is 0.251 e. The van der Waals surface area contributed by atoms with E-state index in [1.165, 1.54) is 18.4 Å². The van der Waals surface area contributed by atoms with E-state index >= 15 is 0 Å². The molecule has 0 bridgehead atoms. The van der Waals surface area contributed by atoms with Crippen LogP contribution in [0.3, 0.4) is 0 Å². The fraction of sp³-hybridized carbons (Fsp3) is 0.588. The van der Waals surface area contributed by atoms with Crippen LogP contribution >= 0.6 is 0 Å². The van der Waals surface area contributed by atoms with Crippen molar-refractivity contribution in [1.29, 1.82) is 0 Å². The molecule has 110 valence electrons. The number of piperidine rings is 1. The van der Waals surface area contributed by atoms with Gasteiger partial charge in [0.05, 0.1) is 0 Å². The maximum absolute atomic E-state index is 12.1. The highest BCUT2D eigenvalue weighted by Crippen LogP contribution is 2.15. The van der Waals surface area contributed by atoms with Gasteiger partial charge in [0.2, 0.25) is 0 Å². The van der Waals surface area contributed by atoms with Crippen molar-refractivity contribution in [2.75, 3.05) is 13.1 Å². The van der Waals surface area contributed by atoms with E-state index in [0.29, 0.717) is 17.9 Å². The lowest BCUT2D eigenvalue weighted by Gasteiger charge is -2.27. The van der Waals surface area contributed by atoms with E-state index in [-0.39, 0.29) is 5.91 Å². The molecular formula is C17H26N2O. The third-order valence-corrected chi connectivity index (χ3v) is 4.15. The number of carbonyl (C=O) groups excluding carboxylic acids is 1. The molecule has 1 aliphatic heterocycles. The van der Waals surface area contributed by atoms with Gasteiger partial charge in [-0.05, 0) is 55.8 Å². The highest BCUT2D eigenvalue weighted by atomic mass is 16.1. The first-order valence-corrected chi connectivity index (χ1v) is 7.67. The standard InChI is InChI=1S/C17H26N2O/c1-12(2)15-6-8-16(9-7-15)17(20)19-11-14-5-4-13(3)18-10-14/h6-9,12-14,18H,4-5,10-11H2,1-3H3,(H,19,20). The lowest BCUT2D eigenvalue weighted by atomic mass is 9.95. The third-order valence-electron chi connectivity index (χ3n) is 4.15. The van der Waals surface area contributed by atoms with Crippen LogP contribution in [0, 0.1) is 5.92 Å². The summed E-state index contributed by atoms with van der Waals surface area (Å²) in [5.41, 5.74) is 2.03. The first-order valence-electron chi connectivity index (χ1n) is 7.67. The zero-order valence-corrected chi connectivity index (χ0v) is 12.8. The Morgan fingerprint density at radius 2 is 2.00 bits per heavy atom. The minimum absolute atomic E-state index is 0.0407. The Morgan fingerprint density at radius 1 is 1.30 bits per heavy atom. The Labute approximate surface area is 122 Å². The topological polar surface area (TPSA) is 41.1 Å². The molecule has 3 nitrogen and oxygen atoms in total. The van der Waals surface area contributed by atoms with Gasteiger partial charge in [0.25, 0.3) is 5.91 Å². The SMILES string of the molecule is CC1CCC(CNC(=O)c2ccc(C(C)C)cc2)CN1. The molecule has 2 unspecified atom stereocenters. The molecule has 1 aliphatic rings. The lowest BCUT2D eigenvalue weighted by molar-refractivity contribution is 0.0944. The molecule has 3 heteroatoms. The second-order valence-corrected chi connectivity index (χ2v) is 6.24. The Morgan fingerprint density at radius 3 is 2.55 bits per heavy atom. The van der Waals surface area contributed by atoms with Crippen LogP contribution < -0.4 is 10.6 Å². The summed E-state index contributed by atoms with van der Waals surface area (Å²) >= 11 is 0. The van der Waals surface area contributed by atoms with Crippen LogP contribution in [-0.2, 0) is 0 Å². The molecule has 2 N–H and O–H groups in total. The molecule has 0 aliphatic carbocycles. The summed E-state index contributed by atoms with van der Waals surface area (Å²) in [5, 5.41) is 6.52. The Kier molecular flexibility index (Phi) is 5.18. The summed E-state index contributed by atoms with van der Waals surface area (Å²) < 4.78 is 0. The number of benzene rings is 1. The molecule has 1 aromatic rings. The van der Waals surface area contributed by atoms with Crippen LogP contribution in [-0.4, -0.2) is 25.0 Å². The predicted octanol–water partition coefficient (Wildman–Crippen LogP) is 2.93. The van der Waals surface area contributed by atoms with E-state index < -0.39 is 0 Å². The maximum Gasteiger partial charge on any atom is 0.251 e. The maximum atomic E-state index is 12.1. The quantitative estimate of drug-likeness (QED) is 0.886. The molecule has 1 heterocycles. The van der Waals surface area contributed by atoms with Gasteiger partial charge in [-0.2, -0.15) is 0 Å². The van der Waals surface area contributed by atoms with Gasteiger partial charge >= 0.3 is 0 Å². The summed E-state index contributed by atoms with van der Waals surface area (Å²) in [4.78, 5) is 12.1. The Balaban J connectivity index is 1.82. The highest BCUT2D eigenvalue weighted by Gasteiger charge is 2.18. The first-order chi connectivity index (χ1) is 9.56. The van der Waals surface area contributed by atoms with Gasteiger partial charge in [-0.15, -0.1) is 0 Å². The molecule has 0 spiro atoms. The molecule has 2 rings (SSSR count). The second-order valence-electron chi connectivity index (χ2n) is 6.24. The van der Waals surface area contributed by atoms with Gasteiger partial charge < -0.3 is 10.6 Å². The van der Waals surface area contributed by atoms with E-state index in [4.69, 9.17) is 0 Å². The first kappa shape index (κ1) is 15.0. The minimum Gasteiger partial charge on any atom is -0.352 e. The summed E-state index contributed by atoms with van der Waals surface area (Å²) in [7, 11) is 0. The molecule has 20 heavy (non-hydrogen) atoms. The van der Waals surface area contributed by atoms with Crippen molar-refractivity contribution in [2.45, 2.75) is 45.6 Å². The fourth-order valence-corrected chi connectivity index (χ4v) is 2.59. The number of rotatable bonds is 4. The molecular weight excluding hydrogens is 248 g/mol. The van der Waals surface area contributed by atoms with Gasteiger partial charge in [0.15, 0.2) is 0 Å². The van der Waals surface area contributed by atoms with E-state index in [0.717, 1.165) is 18.7 Å². The van der Waals surface area contributed by atoms with E-state index in [9.17, 15) is 4.79 Å². The van der Waals surface area contributed by atoms with Gasteiger partial charge in [-0.25, -0.2) is 0 Å². The number of hydrogen-bond donors (Lipinski definition) is 2. The summed E-state index contributed by atoms with van der Waals surface area (Å²) in [6, 6.07) is 8.55. The van der Waals surface area contributed by atoms with Crippen molar-refractivity contribution in [3.05, 3.63) is 35.4 Å². The van der Waals surface area contributed by atoms with Crippen LogP contribution in [0.15, 0.2) is 24.3 Å². The molecule has 1 aromatic carbocycles. The molecule has 0 aromatic heterocycles. The zero-order chi connectivity index (χ0) is 14.5. The molecule has 1 amide bonds. The van der Waals surface area contributed by atoms with Gasteiger partial charge in [-0.1, -0.05) is 26.0 Å². The Hall–Kier alpha value is -1.35. The fourth-order valence-electron chi connectivity index (χ4n) is 2.59. The van der Waals surface area contributed by atoms with Gasteiger partial charge in [0, 0.05) is 18.2 Å². The van der Waals surface area contributed by atoms with Crippen molar-refractivity contribution < 1.29 is 4.79 Å². The third kappa shape index (κ3) is 4.07. The van der Waals surface area contributed by atoms with Crippen molar-refractivity contribution in [3.8, 4) is 0 Å². The zero-order valence-electron chi connectivity index (χ0n) is 12.8. The number of carbonyl (C=O) groups is 1. The number of nitrogens with one attached hydrogen (secondary N) is 2. The average molecular weight is 274 g/mol. The monoisotopic (exact) mass is 274 g/mol. The van der Waals surface area contributed by atoms with Crippen molar-refractivity contribution in [3.63, 3.8) is 0 Å². The van der Waals surface area contributed by atoms with Crippen LogP contribution in [0.4, 0.5) is 0 Å². The van der Waals surface area contributed by atoms with Crippen LogP contribution in [0.25, 0.3) is 0 Å². The highest BCUT2D eigenvalue weighted by molar-refractivity contribution is 5.94. The molecule has 2 atom stereocenters. The number of amides is 1. The molecule has 0 radical (unpaired) electrons. The second kappa shape index (κ2) is 6.89. The van der Waals surface area contributed by atoms with Crippen LogP contribution in [0.1, 0.15) is 55.5 Å². The predicted molar refractivity (Wildman–Crippen MR) is 83.1 cm³/mol. The summed E-state index contributed by atoms with van der Waals surface area (Å²) in [6.07, 6.45) is 2.39. The largest absolute Gasteiger partial charge is 0.352 e. The van der Waals surface area contributed by atoms with E-state index in [1.807, 2.05) is 24.3 Å². The van der Waals surface area contributed by atoms with Crippen molar-refractivity contribution >= 4 is 5.91 Å². The van der Waals surface area contributed by atoms with Crippen molar-refractivity contribution in [1.82, 2.24) is 10.6 Å². The van der Waals surface area contributed by atoms with Crippen molar-refractivity contribution in [2.24, 2.45) is 5.92 Å². The van der Waals surface area contributed by atoms with Crippen LogP contribution in [0.2, 0.25) is 0 Å². The minimum atomic E-state index is 0.0407. The normalized spacial score (nSPS) is 22.8. The molecule has 0 saturated carbocycles. The molecule has 1 fully saturated rings.